The first-order chi connectivity index (χ1) is 30.4. The number of benzene rings is 7. The maximum atomic E-state index is 12.9. The van der Waals surface area contributed by atoms with Crippen molar-refractivity contribution in [3.05, 3.63) is 229 Å². The zero-order valence-electron chi connectivity index (χ0n) is 35.1. The van der Waals surface area contributed by atoms with Crippen molar-refractivity contribution in [2.24, 2.45) is 0 Å². The number of nitrogens with zero attached hydrogens (tertiary/aromatic N) is 3. The number of aromatic nitrogens is 2. The number of nitriles is 1. The second kappa shape index (κ2) is 26.8. The fourth-order valence-electron chi connectivity index (χ4n) is 6.54. The average molecular weight is 1060 g/mol. The molecule has 340 valence electrons. The van der Waals surface area contributed by atoms with Crippen molar-refractivity contribution >= 4 is 47.7 Å². The molecular formula is C52H41Cl2F6N3P2Pd. The number of aryl methyl sites for hydroxylation is 1. The van der Waals surface area contributed by atoms with Crippen molar-refractivity contribution in [1.82, 2.24) is 9.97 Å². The molecule has 7 aromatic carbocycles. The molecule has 0 unspecified atom stereocenters. The number of alkyl halides is 6. The van der Waals surface area contributed by atoms with Crippen LogP contribution in [0.1, 0.15) is 36.0 Å². The summed E-state index contributed by atoms with van der Waals surface area (Å²) in [6.45, 7) is 1.82. The van der Waals surface area contributed by atoms with E-state index >= 15 is 0 Å². The first-order valence-electron chi connectivity index (χ1n) is 19.9. The summed E-state index contributed by atoms with van der Waals surface area (Å²) < 4.78 is 77.7. The summed E-state index contributed by atoms with van der Waals surface area (Å²) in [5, 5.41) is 17.3. The molecule has 0 saturated heterocycles. The Morgan fingerprint density at radius 2 is 0.742 bits per heavy atom. The smallest absolute Gasteiger partial charge is 1.00 e. The molecule has 0 amide bonds. The minimum absolute atomic E-state index is 0. The van der Waals surface area contributed by atoms with Crippen molar-refractivity contribution in [2.45, 2.75) is 32.1 Å². The van der Waals surface area contributed by atoms with Gasteiger partial charge >= 0.3 is 32.8 Å². The van der Waals surface area contributed by atoms with Crippen LogP contribution in [0.25, 0.3) is 11.3 Å². The summed E-state index contributed by atoms with van der Waals surface area (Å²) in [6.07, 6.45) is -8.85. The van der Waals surface area contributed by atoms with E-state index in [-0.39, 0.29) is 68.4 Å². The molecule has 1 aromatic heterocycles. The minimum Gasteiger partial charge on any atom is -1.00 e. The third-order valence-corrected chi connectivity index (χ3v) is 14.2. The first kappa shape index (κ1) is 55.1. The quantitative estimate of drug-likeness (QED) is 0.103. The summed E-state index contributed by atoms with van der Waals surface area (Å²) in [6, 6.07) is 68.8. The predicted molar refractivity (Wildman–Crippen MR) is 246 cm³/mol. The summed E-state index contributed by atoms with van der Waals surface area (Å²) in [5.41, 5.74) is -3.04. The summed E-state index contributed by atoms with van der Waals surface area (Å²) in [4.78, 5) is 7.64. The van der Waals surface area contributed by atoms with Crippen molar-refractivity contribution in [3.8, 4) is 17.3 Å². The van der Waals surface area contributed by atoms with Crippen LogP contribution in [0.15, 0.2) is 206 Å². The van der Waals surface area contributed by atoms with E-state index in [1.54, 1.807) is 6.07 Å². The van der Waals surface area contributed by atoms with E-state index in [4.69, 9.17) is 5.26 Å². The van der Waals surface area contributed by atoms with Crippen LogP contribution < -0.4 is 56.6 Å². The van der Waals surface area contributed by atoms with Crippen LogP contribution in [0.3, 0.4) is 0 Å². The number of hydrogen-bond acceptors (Lipinski definition) is 3. The van der Waals surface area contributed by atoms with Crippen LogP contribution in [-0.4, -0.2) is 9.97 Å². The molecule has 14 heteroatoms. The Hall–Kier alpha value is -5.21. The molecule has 0 spiro atoms. The van der Waals surface area contributed by atoms with Gasteiger partial charge in [0.2, 0.25) is 5.82 Å². The van der Waals surface area contributed by atoms with Gasteiger partial charge in [0, 0.05) is 11.3 Å². The van der Waals surface area contributed by atoms with E-state index in [1.165, 1.54) is 37.9 Å². The van der Waals surface area contributed by atoms with E-state index in [9.17, 15) is 26.3 Å². The molecule has 1 heterocycles. The minimum atomic E-state index is -4.95. The van der Waals surface area contributed by atoms with Gasteiger partial charge in [-0.1, -0.05) is 195 Å². The Bertz CT molecular complexity index is 2340. The monoisotopic (exact) mass is 1060 g/mol. The number of halogens is 8. The fourth-order valence-corrected chi connectivity index (χ4v) is 11.1. The molecule has 0 bridgehead atoms. The SMILES string of the molecule is CCCc1cc(-c2cc(C(F)(F)F)cc(C(F)(F)F)c2)nc(C#N)n1.[Cl-].[Cl-].[Pd+2].c1ccc(P(c2ccccc2)c2ccccc2)cc1.c1ccc(P(c2ccccc2)c2ccccc2)cc1. The molecule has 8 rings (SSSR count). The van der Waals surface area contributed by atoms with Gasteiger partial charge in [-0.15, -0.1) is 0 Å². The molecule has 0 aliphatic rings. The van der Waals surface area contributed by atoms with Gasteiger partial charge in [0.05, 0.1) is 16.8 Å². The Balaban J connectivity index is 0.000000260. The molecule has 0 fully saturated rings. The van der Waals surface area contributed by atoms with E-state index in [2.05, 4.69) is 192 Å². The third-order valence-electron chi connectivity index (χ3n) is 9.36. The second-order valence-corrected chi connectivity index (χ2v) is 18.3. The van der Waals surface area contributed by atoms with E-state index in [0.29, 0.717) is 30.7 Å². The zero-order chi connectivity index (χ0) is 44.7. The van der Waals surface area contributed by atoms with Crippen molar-refractivity contribution in [1.29, 1.82) is 5.26 Å². The Morgan fingerprint density at radius 1 is 0.455 bits per heavy atom. The van der Waals surface area contributed by atoms with Crippen molar-refractivity contribution < 1.29 is 71.6 Å². The molecule has 0 saturated carbocycles. The van der Waals surface area contributed by atoms with Crippen LogP contribution in [0.5, 0.6) is 0 Å². The predicted octanol–water partition coefficient (Wildman–Crippen LogP) is 5.90. The van der Waals surface area contributed by atoms with E-state index < -0.39 is 39.3 Å². The molecule has 0 aliphatic heterocycles. The molecule has 0 atom stereocenters. The van der Waals surface area contributed by atoms with Gasteiger partial charge in [0.25, 0.3) is 0 Å². The van der Waals surface area contributed by atoms with Gasteiger partial charge in [-0.2, -0.15) is 31.6 Å². The van der Waals surface area contributed by atoms with Gasteiger partial charge < -0.3 is 24.8 Å². The third kappa shape index (κ3) is 15.7. The summed E-state index contributed by atoms with van der Waals surface area (Å²) in [5.74, 6) is -0.313. The van der Waals surface area contributed by atoms with Gasteiger partial charge in [-0.3, -0.25) is 0 Å². The molecular weight excluding hydrogens is 1020 g/mol. The maximum Gasteiger partial charge on any atom is 2.00 e. The largest absolute Gasteiger partial charge is 2.00 e. The van der Waals surface area contributed by atoms with Gasteiger partial charge in [0.1, 0.15) is 6.07 Å². The molecule has 0 radical (unpaired) electrons. The van der Waals surface area contributed by atoms with Crippen LogP contribution >= 0.6 is 15.8 Å². The van der Waals surface area contributed by atoms with Crippen LogP contribution in [0, 0.1) is 11.3 Å². The molecule has 3 nitrogen and oxygen atoms in total. The van der Waals surface area contributed by atoms with Crippen LogP contribution in [0.2, 0.25) is 0 Å². The second-order valence-electron chi connectivity index (χ2n) is 13.9. The van der Waals surface area contributed by atoms with E-state index in [1.807, 2.05) is 6.92 Å². The number of rotatable bonds is 9. The van der Waals surface area contributed by atoms with Crippen LogP contribution in [-0.2, 0) is 39.2 Å². The van der Waals surface area contributed by atoms with Crippen molar-refractivity contribution in [3.63, 3.8) is 0 Å². The molecule has 8 aromatic rings. The van der Waals surface area contributed by atoms with E-state index in [0.717, 1.165) is 0 Å². The molecule has 0 aliphatic carbocycles. The topological polar surface area (TPSA) is 49.6 Å². The molecule has 66 heavy (non-hydrogen) atoms. The zero-order valence-corrected chi connectivity index (χ0v) is 40.0. The summed E-state index contributed by atoms with van der Waals surface area (Å²) in [7, 11) is -0.892. The maximum absolute atomic E-state index is 12.9. The Labute approximate surface area is 410 Å². The Morgan fingerprint density at radius 3 is 0.985 bits per heavy atom. The van der Waals surface area contributed by atoms with Crippen LogP contribution in [0.4, 0.5) is 26.3 Å². The fraction of sp³-hybridized carbons (Fsp3) is 0.0962. The summed E-state index contributed by atoms with van der Waals surface area (Å²) >= 11 is 0. The van der Waals surface area contributed by atoms with Crippen molar-refractivity contribution in [2.75, 3.05) is 0 Å². The van der Waals surface area contributed by atoms with Gasteiger partial charge in [-0.25, -0.2) is 9.97 Å². The van der Waals surface area contributed by atoms with Gasteiger partial charge in [0.15, 0.2) is 0 Å². The average Bonchev–Trinajstić information content (AvgIpc) is 3.31. The normalized spacial score (nSPS) is 10.7. The van der Waals surface area contributed by atoms with Gasteiger partial charge in [-0.05, 0) is 78.4 Å². The number of hydrogen-bond donors (Lipinski definition) is 0. The first-order valence-corrected chi connectivity index (χ1v) is 22.6. The Kier molecular flexibility index (Phi) is 22.4. The standard InChI is InChI=1S/2C18H15P.C16H11F6N3.2ClH.Pd/c2*1-4-10-16(11-5-1)19(17-12-6-2-7-13-17)18-14-8-3-9-15-18;1-2-3-12-7-13(25-14(8-23)24-12)9-4-10(15(17,18)19)6-11(5-9)16(20,21)22;;;/h2*1-15H;4-7H,2-3H2,1H3;2*1H;/q;;;;;+2/p-2. The molecule has 0 N–H and O–H groups in total.